The fraction of sp³-hybridized carbons (Fsp3) is 0.111. The van der Waals surface area contributed by atoms with Gasteiger partial charge in [-0.25, -0.2) is 13.8 Å². The highest BCUT2D eigenvalue weighted by atomic mass is 35.5. The number of carbonyl (C=O) groups excluding carboxylic acids is 1. The van der Waals surface area contributed by atoms with E-state index in [1.54, 1.807) is 43.3 Å². The van der Waals surface area contributed by atoms with Crippen LogP contribution in [0.1, 0.15) is 18.1 Å². The Morgan fingerprint density at radius 3 is 2.44 bits per heavy atom. The molecule has 0 atom stereocenters. The minimum absolute atomic E-state index is 0.0672. The fourth-order valence-corrected chi connectivity index (χ4v) is 4.15. The van der Waals surface area contributed by atoms with Crippen molar-refractivity contribution in [2.75, 3.05) is 7.05 Å². The smallest absolute Gasteiger partial charge is 0.292 e. The highest BCUT2D eigenvalue weighted by molar-refractivity contribution is 7.89. The van der Waals surface area contributed by atoms with Crippen molar-refractivity contribution in [3.63, 3.8) is 0 Å². The van der Waals surface area contributed by atoms with Crippen molar-refractivity contribution in [1.29, 1.82) is 0 Å². The van der Waals surface area contributed by atoms with E-state index < -0.39 is 27.4 Å². The third-order valence-corrected chi connectivity index (χ3v) is 6.19. The summed E-state index contributed by atoms with van der Waals surface area (Å²) in [5.41, 5.74) is 3.17. The summed E-state index contributed by atoms with van der Waals surface area (Å²) < 4.78 is 26.0. The average Bonchev–Trinajstić information content (AvgIpc) is 2.65. The molecule has 1 aliphatic heterocycles. The Morgan fingerprint density at radius 2 is 1.78 bits per heavy atom. The minimum Gasteiger partial charge on any atom is -0.505 e. The largest absolute Gasteiger partial charge is 0.505 e. The molecule has 0 bridgehead atoms. The van der Waals surface area contributed by atoms with Crippen LogP contribution in [0.15, 0.2) is 64.2 Å². The summed E-state index contributed by atoms with van der Waals surface area (Å²) in [6.07, 6.45) is 0. The van der Waals surface area contributed by atoms with Gasteiger partial charge in [-0.05, 0) is 36.8 Å². The molecule has 1 heterocycles. The summed E-state index contributed by atoms with van der Waals surface area (Å²) in [6.45, 7) is 1.67. The molecule has 0 aliphatic carbocycles. The van der Waals surface area contributed by atoms with Gasteiger partial charge in [-0.1, -0.05) is 35.9 Å². The molecular weight excluding hydrogens is 390 g/mol. The van der Waals surface area contributed by atoms with Crippen molar-refractivity contribution >= 4 is 39.0 Å². The molecule has 0 spiro atoms. The molecule has 0 radical (unpaired) electrons. The van der Waals surface area contributed by atoms with E-state index in [1.165, 1.54) is 19.2 Å². The monoisotopic (exact) mass is 405 g/mol. The molecular formula is C18H16ClN3O4S. The number of benzene rings is 2. The zero-order chi connectivity index (χ0) is 19.8. The lowest BCUT2D eigenvalue weighted by atomic mass is 10.1. The van der Waals surface area contributed by atoms with E-state index in [1.807, 2.05) is 0 Å². The maximum atomic E-state index is 12.6. The number of rotatable bonds is 3. The van der Waals surface area contributed by atoms with Crippen LogP contribution < -0.4 is 5.43 Å². The zero-order valence-corrected chi connectivity index (χ0v) is 16.0. The van der Waals surface area contributed by atoms with E-state index in [0.717, 1.165) is 9.87 Å². The van der Waals surface area contributed by atoms with Crippen LogP contribution >= 0.6 is 11.6 Å². The van der Waals surface area contributed by atoms with Crippen LogP contribution in [0.3, 0.4) is 0 Å². The normalized spacial score (nSPS) is 16.1. The number of fused-ring (bicyclic) bond motifs is 1. The first-order valence-corrected chi connectivity index (χ1v) is 9.67. The van der Waals surface area contributed by atoms with Gasteiger partial charge in [-0.2, -0.15) is 5.10 Å². The molecule has 0 saturated heterocycles. The number of likely N-dealkylation sites (N-methyl/N-ethyl adjacent to an activating group) is 1. The van der Waals surface area contributed by atoms with Crippen molar-refractivity contribution in [2.24, 2.45) is 5.10 Å². The van der Waals surface area contributed by atoms with E-state index in [-0.39, 0.29) is 10.5 Å². The highest BCUT2D eigenvalue weighted by Crippen LogP contribution is 2.34. The molecule has 0 fully saturated rings. The minimum atomic E-state index is -3.95. The number of aliphatic hydroxyl groups is 1. The number of halogens is 1. The van der Waals surface area contributed by atoms with E-state index in [2.05, 4.69) is 10.5 Å². The standard InChI is InChI=1S/C18H16ClN3O4S/c1-11(12-7-9-13(19)10-8-12)20-21-18(24)16-17(23)14-5-3-4-6-15(14)27(25,26)22(16)2/h3-10,23H,1-2H3,(H,21,24)/b20-11+. The lowest BCUT2D eigenvalue weighted by Crippen LogP contribution is -2.38. The van der Waals surface area contributed by atoms with Crippen LogP contribution in [-0.2, 0) is 14.8 Å². The fourth-order valence-electron chi connectivity index (χ4n) is 2.63. The second kappa shape index (κ2) is 7.05. The predicted octanol–water partition coefficient (Wildman–Crippen LogP) is 2.74. The van der Waals surface area contributed by atoms with Crippen molar-refractivity contribution < 1.29 is 18.3 Å². The molecule has 0 unspecified atom stereocenters. The van der Waals surface area contributed by atoms with Crippen LogP contribution in [0.5, 0.6) is 0 Å². The van der Waals surface area contributed by atoms with Gasteiger partial charge >= 0.3 is 0 Å². The first-order valence-electron chi connectivity index (χ1n) is 7.85. The topological polar surface area (TPSA) is 99.1 Å². The van der Waals surface area contributed by atoms with Crippen LogP contribution in [0, 0.1) is 0 Å². The maximum Gasteiger partial charge on any atom is 0.292 e. The molecule has 9 heteroatoms. The van der Waals surface area contributed by atoms with E-state index in [9.17, 15) is 18.3 Å². The molecule has 3 rings (SSSR count). The van der Waals surface area contributed by atoms with Crippen LogP contribution in [0.4, 0.5) is 0 Å². The van der Waals surface area contributed by atoms with Crippen molar-refractivity contribution in [3.05, 3.63) is 70.4 Å². The number of carbonyl (C=O) groups is 1. The molecule has 7 nitrogen and oxygen atoms in total. The summed E-state index contributed by atoms with van der Waals surface area (Å²) in [6, 6.07) is 12.8. The number of hydrogen-bond acceptors (Lipinski definition) is 5. The van der Waals surface area contributed by atoms with Gasteiger partial charge in [0.05, 0.1) is 10.6 Å². The van der Waals surface area contributed by atoms with Gasteiger partial charge in [0.2, 0.25) is 0 Å². The van der Waals surface area contributed by atoms with Crippen molar-refractivity contribution in [1.82, 2.24) is 9.73 Å². The average molecular weight is 406 g/mol. The molecule has 2 aromatic rings. The molecule has 0 saturated carbocycles. The zero-order valence-electron chi connectivity index (χ0n) is 14.5. The third-order valence-electron chi connectivity index (χ3n) is 4.12. The molecule has 140 valence electrons. The third kappa shape index (κ3) is 3.41. The number of hydrazone groups is 1. The summed E-state index contributed by atoms with van der Waals surface area (Å²) in [4.78, 5) is 12.5. The van der Waals surface area contributed by atoms with Gasteiger partial charge in [0.25, 0.3) is 15.9 Å². The molecule has 1 aliphatic rings. The summed E-state index contributed by atoms with van der Waals surface area (Å²) in [7, 11) is -2.75. The summed E-state index contributed by atoms with van der Waals surface area (Å²) >= 11 is 5.84. The van der Waals surface area contributed by atoms with E-state index in [4.69, 9.17) is 11.6 Å². The number of sulfonamides is 1. The SMILES string of the molecule is C/C(=N\NC(=O)C1=C(O)c2ccccc2S(=O)(=O)N1C)c1ccc(Cl)cc1. The number of nitrogens with one attached hydrogen (secondary N) is 1. The summed E-state index contributed by atoms with van der Waals surface area (Å²) in [5.74, 6) is -1.28. The van der Waals surface area contributed by atoms with Crippen LogP contribution in [0.25, 0.3) is 5.76 Å². The molecule has 27 heavy (non-hydrogen) atoms. The van der Waals surface area contributed by atoms with E-state index in [0.29, 0.717) is 10.7 Å². The Hall–Kier alpha value is -2.84. The van der Waals surface area contributed by atoms with Gasteiger partial charge < -0.3 is 5.11 Å². The number of nitrogens with zero attached hydrogens (tertiary/aromatic N) is 2. The Labute approximate surface area is 161 Å². The Morgan fingerprint density at radius 1 is 1.15 bits per heavy atom. The highest BCUT2D eigenvalue weighted by Gasteiger charge is 2.37. The quantitative estimate of drug-likeness (QED) is 0.605. The number of amides is 1. The van der Waals surface area contributed by atoms with E-state index >= 15 is 0 Å². The lowest BCUT2D eigenvalue weighted by Gasteiger charge is -2.27. The molecule has 2 N–H and O–H groups in total. The Balaban J connectivity index is 1.94. The second-order valence-electron chi connectivity index (χ2n) is 5.81. The molecule has 0 aromatic heterocycles. The van der Waals surface area contributed by atoms with Gasteiger partial charge in [0.15, 0.2) is 11.5 Å². The Bertz CT molecular complexity index is 1080. The maximum absolute atomic E-state index is 12.6. The first-order chi connectivity index (χ1) is 12.7. The first kappa shape index (κ1) is 18.9. The molecule has 2 aromatic carbocycles. The van der Waals surface area contributed by atoms with Crippen molar-refractivity contribution in [2.45, 2.75) is 11.8 Å². The van der Waals surface area contributed by atoms with Gasteiger partial charge in [-0.3, -0.25) is 9.10 Å². The van der Waals surface area contributed by atoms with Crippen LogP contribution in [0.2, 0.25) is 5.02 Å². The summed E-state index contributed by atoms with van der Waals surface area (Å²) in [5, 5.41) is 15.0. The lowest BCUT2D eigenvalue weighted by molar-refractivity contribution is -0.118. The van der Waals surface area contributed by atoms with Gasteiger partial charge in [-0.15, -0.1) is 0 Å². The number of aliphatic hydroxyl groups excluding tert-OH is 1. The van der Waals surface area contributed by atoms with Crippen LogP contribution in [-0.4, -0.2) is 36.5 Å². The van der Waals surface area contributed by atoms with Gasteiger partial charge in [0, 0.05) is 17.6 Å². The second-order valence-corrected chi connectivity index (χ2v) is 8.19. The molecule has 1 amide bonds. The van der Waals surface area contributed by atoms with Gasteiger partial charge in [0.1, 0.15) is 0 Å². The predicted molar refractivity (Wildman–Crippen MR) is 103 cm³/mol. The number of hydrogen-bond donors (Lipinski definition) is 2. The Kier molecular flexibility index (Phi) is 4.95. The van der Waals surface area contributed by atoms with Crippen molar-refractivity contribution in [3.8, 4) is 0 Å².